The van der Waals surface area contributed by atoms with Crippen molar-refractivity contribution >= 4 is 40.3 Å². The third-order valence-corrected chi connectivity index (χ3v) is 4.33. The largest absolute Gasteiger partial charge is 0.379 e. The zero-order chi connectivity index (χ0) is 13.9. The molecule has 0 spiro atoms. The van der Waals surface area contributed by atoms with E-state index in [0.717, 1.165) is 5.56 Å². The molecule has 2 saturated heterocycles. The fraction of sp³-hybridized carbons (Fsp3) is 0.308. The molecule has 7 heteroatoms. The molecule has 0 unspecified atom stereocenters. The molecule has 0 aromatic carbocycles. The van der Waals surface area contributed by atoms with Crippen molar-refractivity contribution in [3.05, 3.63) is 35.0 Å². The minimum Gasteiger partial charge on any atom is -0.379 e. The van der Waals surface area contributed by atoms with E-state index in [9.17, 15) is 4.79 Å². The summed E-state index contributed by atoms with van der Waals surface area (Å²) >= 11 is 6.66. The monoisotopic (exact) mass is 307 g/mol. The van der Waals surface area contributed by atoms with Crippen molar-refractivity contribution in [2.45, 2.75) is 0 Å². The van der Waals surface area contributed by atoms with Crippen molar-refractivity contribution in [1.29, 1.82) is 0 Å². The van der Waals surface area contributed by atoms with Crippen molar-refractivity contribution in [2.24, 2.45) is 0 Å². The number of rotatable bonds is 2. The van der Waals surface area contributed by atoms with Gasteiger partial charge in [0.1, 0.15) is 0 Å². The van der Waals surface area contributed by atoms with Crippen molar-refractivity contribution < 1.29 is 9.53 Å². The predicted octanol–water partition coefficient (Wildman–Crippen LogP) is 1.53. The lowest BCUT2D eigenvalue weighted by Crippen LogP contribution is -2.50. The molecule has 3 heterocycles. The van der Waals surface area contributed by atoms with Gasteiger partial charge in [0.15, 0.2) is 4.32 Å². The first-order chi connectivity index (χ1) is 9.75. The zero-order valence-corrected chi connectivity index (χ0v) is 12.3. The molecular formula is C13H13N3O2S2. The summed E-state index contributed by atoms with van der Waals surface area (Å²) in [6, 6.07) is 3.72. The average molecular weight is 307 g/mol. The van der Waals surface area contributed by atoms with Crippen LogP contribution in [0.2, 0.25) is 0 Å². The Hall–Kier alpha value is -1.28. The summed E-state index contributed by atoms with van der Waals surface area (Å²) < 4.78 is 5.88. The van der Waals surface area contributed by atoms with Crippen LogP contribution in [0.25, 0.3) is 6.08 Å². The molecular weight excluding hydrogens is 294 g/mol. The summed E-state index contributed by atoms with van der Waals surface area (Å²) in [6.07, 6.45) is 5.25. The molecule has 1 aromatic rings. The Labute approximate surface area is 126 Å². The zero-order valence-electron chi connectivity index (χ0n) is 10.7. The molecule has 0 bridgehead atoms. The molecule has 104 valence electrons. The van der Waals surface area contributed by atoms with Crippen LogP contribution in [0, 0.1) is 0 Å². The Bertz CT molecular complexity index is 556. The lowest BCUT2D eigenvalue weighted by Gasteiger charge is -2.33. The highest BCUT2D eigenvalue weighted by Crippen LogP contribution is 2.33. The number of hydrogen-bond donors (Lipinski definition) is 0. The lowest BCUT2D eigenvalue weighted by molar-refractivity contribution is -0.138. The van der Waals surface area contributed by atoms with E-state index >= 15 is 0 Å². The van der Waals surface area contributed by atoms with E-state index in [-0.39, 0.29) is 5.91 Å². The number of nitrogens with zero attached hydrogens (tertiary/aromatic N) is 3. The molecule has 3 rings (SSSR count). The molecule has 0 atom stereocenters. The average Bonchev–Trinajstić information content (AvgIpc) is 2.75. The van der Waals surface area contributed by atoms with Gasteiger partial charge >= 0.3 is 0 Å². The van der Waals surface area contributed by atoms with Gasteiger partial charge in [-0.15, -0.1) is 0 Å². The Morgan fingerprint density at radius 3 is 2.70 bits per heavy atom. The minimum absolute atomic E-state index is 0.0567. The Balaban J connectivity index is 1.81. The van der Waals surface area contributed by atoms with Crippen LogP contribution in [0.4, 0.5) is 0 Å². The van der Waals surface area contributed by atoms with Crippen molar-refractivity contribution in [3.8, 4) is 0 Å². The molecule has 5 nitrogen and oxygen atoms in total. The second-order valence-corrected chi connectivity index (χ2v) is 6.02. The summed E-state index contributed by atoms with van der Waals surface area (Å²) in [6.45, 7) is 2.63. The van der Waals surface area contributed by atoms with Crippen molar-refractivity contribution in [1.82, 2.24) is 15.0 Å². The lowest BCUT2D eigenvalue weighted by atomic mass is 10.2. The van der Waals surface area contributed by atoms with Gasteiger partial charge in [0, 0.05) is 25.5 Å². The predicted molar refractivity (Wildman–Crippen MR) is 81.6 cm³/mol. The summed E-state index contributed by atoms with van der Waals surface area (Å²) in [5, 5.41) is 3.55. The van der Waals surface area contributed by atoms with Crippen LogP contribution in [-0.2, 0) is 9.53 Å². The number of morpholine rings is 1. The number of aromatic nitrogens is 1. The second kappa shape index (κ2) is 6.01. The fourth-order valence-corrected chi connectivity index (χ4v) is 3.38. The first-order valence-corrected chi connectivity index (χ1v) is 7.49. The maximum Gasteiger partial charge on any atom is 0.280 e. The Kier molecular flexibility index (Phi) is 4.11. The van der Waals surface area contributed by atoms with E-state index < -0.39 is 0 Å². The number of hydrogen-bond acceptors (Lipinski definition) is 6. The number of ether oxygens (including phenoxy) is 1. The summed E-state index contributed by atoms with van der Waals surface area (Å²) in [5.74, 6) is -0.0567. The van der Waals surface area contributed by atoms with Crippen LogP contribution in [0.3, 0.4) is 0 Å². The van der Waals surface area contributed by atoms with Gasteiger partial charge in [-0.25, -0.2) is 10.0 Å². The normalized spacial score (nSPS) is 22.8. The fourth-order valence-electron chi connectivity index (χ4n) is 2.07. The van der Waals surface area contributed by atoms with Gasteiger partial charge in [-0.05, 0) is 23.8 Å². The van der Waals surface area contributed by atoms with Gasteiger partial charge in [-0.3, -0.25) is 9.78 Å². The molecule has 1 aromatic heterocycles. The number of hydrazine groups is 1. The molecule has 0 saturated carbocycles. The van der Waals surface area contributed by atoms with E-state index in [4.69, 9.17) is 17.0 Å². The van der Waals surface area contributed by atoms with E-state index in [1.165, 1.54) is 11.8 Å². The van der Waals surface area contributed by atoms with E-state index in [1.54, 1.807) is 17.4 Å². The van der Waals surface area contributed by atoms with Crippen LogP contribution in [0.1, 0.15) is 5.56 Å². The Morgan fingerprint density at radius 1 is 1.30 bits per heavy atom. The topological polar surface area (TPSA) is 45.7 Å². The Morgan fingerprint density at radius 2 is 2.00 bits per heavy atom. The number of carbonyl (C=O) groups excluding carboxylic acids is 1. The molecule has 0 radical (unpaired) electrons. The van der Waals surface area contributed by atoms with Crippen LogP contribution >= 0.6 is 24.0 Å². The number of thioether (sulfide) groups is 1. The standard InChI is InChI=1S/C13H13N3O2S2/c17-12-11(9-10-1-3-14-4-2-10)20-13(19)16(12)15-5-7-18-8-6-15/h1-4,9H,5-8H2/b11-9-. The molecule has 2 fully saturated rings. The first-order valence-electron chi connectivity index (χ1n) is 6.26. The molecule has 0 N–H and O–H groups in total. The molecule has 1 amide bonds. The van der Waals surface area contributed by atoms with Crippen molar-refractivity contribution in [3.63, 3.8) is 0 Å². The van der Waals surface area contributed by atoms with E-state index in [1.807, 2.05) is 23.2 Å². The smallest absolute Gasteiger partial charge is 0.280 e. The molecule has 2 aliphatic heterocycles. The van der Waals surface area contributed by atoms with Gasteiger partial charge in [0.25, 0.3) is 5.91 Å². The van der Waals surface area contributed by atoms with Gasteiger partial charge in [0.2, 0.25) is 0 Å². The van der Waals surface area contributed by atoms with E-state index in [2.05, 4.69) is 4.98 Å². The highest BCUT2D eigenvalue weighted by atomic mass is 32.2. The van der Waals surface area contributed by atoms with Gasteiger partial charge in [0.05, 0.1) is 18.1 Å². The highest BCUT2D eigenvalue weighted by molar-refractivity contribution is 8.26. The maximum atomic E-state index is 12.5. The first kappa shape index (κ1) is 13.7. The minimum atomic E-state index is -0.0567. The van der Waals surface area contributed by atoms with Gasteiger partial charge in [-0.2, -0.15) is 0 Å². The summed E-state index contributed by atoms with van der Waals surface area (Å²) in [5.41, 5.74) is 0.947. The van der Waals surface area contributed by atoms with Crippen LogP contribution in [-0.4, -0.2) is 51.5 Å². The maximum absolute atomic E-state index is 12.5. The van der Waals surface area contributed by atoms with Crippen LogP contribution < -0.4 is 0 Å². The molecule has 0 aliphatic carbocycles. The number of carbonyl (C=O) groups is 1. The third kappa shape index (κ3) is 2.76. The quantitative estimate of drug-likeness (QED) is 0.610. The van der Waals surface area contributed by atoms with Crippen LogP contribution in [0.5, 0.6) is 0 Å². The molecule has 20 heavy (non-hydrogen) atoms. The van der Waals surface area contributed by atoms with Crippen molar-refractivity contribution in [2.75, 3.05) is 26.3 Å². The number of amides is 1. The SMILES string of the molecule is O=C1/C(=C/c2ccncc2)SC(=S)N1N1CCOCC1. The van der Waals surface area contributed by atoms with E-state index in [0.29, 0.717) is 35.5 Å². The summed E-state index contributed by atoms with van der Waals surface area (Å²) in [7, 11) is 0. The third-order valence-electron chi connectivity index (χ3n) is 3.05. The van der Waals surface area contributed by atoms with Gasteiger partial charge < -0.3 is 4.74 Å². The highest BCUT2D eigenvalue weighted by Gasteiger charge is 2.36. The van der Waals surface area contributed by atoms with Crippen LogP contribution in [0.15, 0.2) is 29.4 Å². The van der Waals surface area contributed by atoms with Gasteiger partial charge in [-0.1, -0.05) is 24.0 Å². The number of thiocarbonyl (C=S) groups is 1. The molecule has 2 aliphatic rings. The second-order valence-electron chi connectivity index (χ2n) is 4.34. The summed E-state index contributed by atoms with van der Waals surface area (Å²) in [4.78, 5) is 17.1. The number of pyridine rings is 1.